The van der Waals surface area contributed by atoms with Crippen LogP contribution >= 0.6 is 11.8 Å². The molecule has 1 aromatic rings. The van der Waals surface area contributed by atoms with Crippen molar-refractivity contribution in [2.75, 3.05) is 19.0 Å². The van der Waals surface area contributed by atoms with Gasteiger partial charge in [0.2, 0.25) is 5.91 Å². The summed E-state index contributed by atoms with van der Waals surface area (Å²) in [6.07, 6.45) is -0.637. The first-order valence-corrected chi connectivity index (χ1v) is 12.0. The normalized spacial score (nSPS) is 25.5. The SMILES string of the molecule is COC(=O)C([C@@H](C)O)[C@@H]1NC(C(=O)O)=C(S[C@@H]2CNC(C(=O)Nc3cccc(C(=O)O)c3)C2)[C@@H]1C. The molecule has 0 aliphatic carbocycles. The van der Waals surface area contributed by atoms with Crippen molar-refractivity contribution in [1.82, 2.24) is 10.6 Å². The zero-order valence-electron chi connectivity index (χ0n) is 19.5. The first-order chi connectivity index (χ1) is 16.5. The maximum absolute atomic E-state index is 12.7. The van der Waals surface area contributed by atoms with E-state index in [0.29, 0.717) is 23.6 Å². The predicted octanol–water partition coefficient (Wildman–Crippen LogP) is 0.861. The number of esters is 1. The fraction of sp³-hybridized carbons (Fsp3) is 0.478. The second-order valence-corrected chi connectivity index (χ2v) is 9.95. The van der Waals surface area contributed by atoms with Crippen molar-refractivity contribution >= 4 is 41.3 Å². The molecule has 1 saturated heterocycles. The van der Waals surface area contributed by atoms with Crippen LogP contribution in [-0.2, 0) is 19.1 Å². The van der Waals surface area contributed by atoms with Crippen LogP contribution in [0.3, 0.4) is 0 Å². The zero-order valence-corrected chi connectivity index (χ0v) is 20.3. The van der Waals surface area contributed by atoms with E-state index >= 15 is 0 Å². The zero-order chi connectivity index (χ0) is 25.9. The molecule has 0 spiro atoms. The average Bonchev–Trinajstić information content (AvgIpc) is 3.40. The third kappa shape index (κ3) is 5.95. The molecule has 2 aliphatic heterocycles. The van der Waals surface area contributed by atoms with E-state index in [2.05, 4.69) is 16.0 Å². The number of carbonyl (C=O) groups excluding carboxylic acids is 2. The van der Waals surface area contributed by atoms with Crippen LogP contribution in [-0.4, -0.2) is 76.2 Å². The Balaban J connectivity index is 1.68. The first-order valence-electron chi connectivity index (χ1n) is 11.1. The van der Waals surface area contributed by atoms with Gasteiger partial charge in [-0.1, -0.05) is 13.0 Å². The highest BCUT2D eigenvalue weighted by atomic mass is 32.2. The molecule has 3 rings (SSSR count). The highest BCUT2D eigenvalue weighted by molar-refractivity contribution is 8.03. The number of amides is 1. The number of carboxylic acid groups (broad SMARTS) is 2. The number of methoxy groups -OCH3 is 1. The molecule has 2 unspecified atom stereocenters. The molecule has 0 saturated carbocycles. The van der Waals surface area contributed by atoms with Crippen molar-refractivity contribution in [1.29, 1.82) is 0 Å². The summed E-state index contributed by atoms with van der Waals surface area (Å²) >= 11 is 1.33. The van der Waals surface area contributed by atoms with Crippen molar-refractivity contribution in [3.8, 4) is 0 Å². The van der Waals surface area contributed by atoms with Gasteiger partial charge in [0.15, 0.2) is 0 Å². The Bertz CT molecular complexity index is 1040. The molecule has 0 aromatic heterocycles. The van der Waals surface area contributed by atoms with Gasteiger partial charge in [-0.3, -0.25) is 9.59 Å². The van der Waals surface area contributed by atoms with Crippen LogP contribution in [0.5, 0.6) is 0 Å². The van der Waals surface area contributed by atoms with Crippen LogP contribution in [0.4, 0.5) is 5.69 Å². The Morgan fingerprint density at radius 1 is 1.20 bits per heavy atom. The molecule has 12 heteroatoms. The van der Waals surface area contributed by atoms with Gasteiger partial charge in [0.25, 0.3) is 0 Å². The smallest absolute Gasteiger partial charge is 0.352 e. The molecule has 190 valence electrons. The van der Waals surface area contributed by atoms with Crippen LogP contribution < -0.4 is 16.0 Å². The lowest BCUT2D eigenvalue weighted by Gasteiger charge is -2.28. The van der Waals surface area contributed by atoms with Crippen molar-refractivity contribution in [2.45, 2.75) is 43.7 Å². The van der Waals surface area contributed by atoms with E-state index in [1.54, 1.807) is 19.1 Å². The Labute approximate surface area is 206 Å². The number of carboxylic acids is 2. The molecule has 11 nitrogen and oxygen atoms in total. The second kappa shape index (κ2) is 11.1. The highest BCUT2D eigenvalue weighted by Gasteiger charge is 2.45. The van der Waals surface area contributed by atoms with Crippen molar-refractivity contribution < 1.29 is 39.2 Å². The number of aromatic carboxylic acids is 1. The molecule has 6 atom stereocenters. The number of aliphatic hydroxyl groups excluding tert-OH is 1. The summed E-state index contributed by atoms with van der Waals surface area (Å²) in [7, 11) is 1.21. The molecule has 1 fully saturated rings. The van der Waals surface area contributed by atoms with Crippen LogP contribution in [0.2, 0.25) is 0 Å². The van der Waals surface area contributed by atoms with Crippen LogP contribution in [0, 0.1) is 11.8 Å². The molecule has 1 amide bonds. The number of aliphatic hydroxyl groups is 1. The minimum Gasteiger partial charge on any atom is -0.478 e. The minimum absolute atomic E-state index is 0.0274. The lowest BCUT2D eigenvalue weighted by atomic mass is 9.87. The number of nitrogens with one attached hydrogen (secondary N) is 3. The third-order valence-electron chi connectivity index (χ3n) is 6.18. The number of benzene rings is 1. The van der Waals surface area contributed by atoms with Gasteiger partial charge in [-0.25, -0.2) is 9.59 Å². The first kappa shape index (κ1) is 26.5. The standard InChI is InChI=1S/C23H29N3O8S/c1-10-17(16(11(2)27)23(33)34-3)26-18(22(31)32)19(10)35-14-8-15(24-9-14)20(28)25-13-6-4-5-12(7-13)21(29)30/h4-7,10-11,14-17,24,26-27H,8-9H2,1-3H3,(H,25,28)(H,29,30)(H,31,32)/t10-,11-,14+,15?,16?,17-/m1/s1. The molecule has 6 N–H and O–H groups in total. The average molecular weight is 508 g/mol. The van der Waals surface area contributed by atoms with E-state index < -0.39 is 47.9 Å². The van der Waals surface area contributed by atoms with Crippen LogP contribution in [0.1, 0.15) is 30.6 Å². The van der Waals surface area contributed by atoms with E-state index in [-0.39, 0.29) is 22.4 Å². The number of aliphatic carboxylic acids is 1. The topological polar surface area (TPSA) is 174 Å². The number of ether oxygens (including phenoxy) is 1. The number of thioether (sulfide) groups is 1. The van der Waals surface area contributed by atoms with Crippen LogP contribution in [0.25, 0.3) is 0 Å². The molecule has 35 heavy (non-hydrogen) atoms. The molecule has 2 aliphatic rings. The number of anilines is 1. The van der Waals surface area contributed by atoms with Gasteiger partial charge in [-0.2, -0.15) is 0 Å². The van der Waals surface area contributed by atoms with Crippen molar-refractivity contribution in [3.63, 3.8) is 0 Å². The van der Waals surface area contributed by atoms with Crippen LogP contribution in [0.15, 0.2) is 34.9 Å². The van der Waals surface area contributed by atoms with Gasteiger partial charge in [0.1, 0.15) is 11.6 Å². The van der Waals surface area contributed by atoms with Gasteiger partial charge in [0.05, 0.1) is 24.8 Å². The number of hydrogen-bond acceptors (Lipinski definition) is 9. The van der Waals surface area contributed by atoms with E-state index in [1.165, 1.54) is 37.9 Å². The van der Waals surface area contributed by atoms with E-state index in [4.69, 9.17) is 9.84 Å². The largest absolute Gasteiger partial charge is 0.478 e. The van der Waals surface area contributed by atoms with Gasteiger partial charge in [-0.05, 0) is 31.5 Å². The molecule has 1 aromatic carbocycles. The third-order valence-corrected chi connectivity index (χ3v) is 7.70. The van der Waals surface area contributed by atoms with Crippen molar-refractivity contribution in [3.05, 3.63) is 40.4 Å². The van der Waals surface area contributed by atoms with Crippen molar-refractivity contribution in [2.24, 2.45) is 11.8 Å². The fourth-order valence-corrected chi connectivity index (χ4v) is 5.85. The summed E-state index contributed by atoms with van der Waals surface area (Å²) in [4.78, 5) is 48.6. The Hall–Kier alpha value is -3.09. The molecule has 2 heterocycles. The van der Waals surface area contributed by atoms with Gasteiger partial charge >= 0.3 is 17.9 Å². The molecule has 0 radical (unpaired) electrons. The Morgan fingerprint density at radius 2 is 1.91 bits per heavy atom. The number of hydrogen-bond donors (Lipinski definition) is 6. The number of carbonyl (C=O) groups is 4. The maximum atomic E-state index is 12.7. The van der Waals surface area contributed by atoms with Gasteiger partial charge in [-0.15, -0.1) is 11.8 Å². The van der Waals surface area contributed by atoms with E-state index in [9.17, 15) is 29.4 Å². The molecular weight excluding hydrogens is 478 g/mol. The number of rotatable bonds is 9. The monoisotopic (exact) mass is 507 g/mol. The Morgan fingerprint density at radius 3 is 2.51 bits per heavy atom. The molecular formula is C23H29N3O8S. The van der Waals surface area contributed by atoms with E-state index in [0.717, 1.165) is 0 Å². The fourth-order valence-electron chi connectivity index (χ4n) is 4.40. The van der Waals surface area contributed by atoms with Gasteiger partial charge < -0.3 is 36.0 Å². The lowest BCUT2D eigenvalue weighted by molar-refractivity contribution is -0.151. The van der Waals surface area contributed by atoms with E-state index in [1.807, 2.05) is 0 Å². The predicted molar refractivity (Wildman–Crippen MR) is 128 cm³/mol. The minimum atomic E-state index is -1.17. The molecule has 0 bridgehead atoms. The quantitative estimate of drug-likeness (QED) is 0.262. The summed E-state index contributed by atoms with van der Waals surface area (Å²) in [6.45, 7) is 3.69. The summed E-state index contributed by atoms with van der Waals surface area (Å²) in [6, 6.07) is 4.73. The summed E-state index contributed by atoms with van der Waals surface area (Å²) in [5, 5.41) is 37.6. The summed E-state index contributed by atoms with van der Waals surface area (Å²) < 4.78 is 4.81. The summed E-state index contributed by atoms with van der Waals surface area (Å²) in [5.41, 5.74) is 0.399. The highest BCUT2D eigenvalue weighted by Crippen LogP contribution is 2.42. The second-order valence-electron chi connectivity index (χ2n) is 8.60. The van der Waals surface area contributed by atoms with Gasteiger partial charge in [0, 0.05) is 34.3 Å². The summed E-state index contributed by atoms with van der Waals surface area (Å²) in [5.74, 6) is -4.57. The Kier molecular flexibility index (Phi) is 8.41. The maximum Gasteiger partial charge on any atom is 0.352 e. The lowest BCUT2D eigenvalue weighted by Crippen LogP contribution is -2.46.